The van der Waals surface area contributed by atoms with E-state index < -0.39 is 0 Å². The van der Waals surface area contributed by atoms with Crippen LogP contribution in [0.2, 0.25) is 5.15 Å². The summed E-state index contributed by atoms with van der Waals surface area (Å²) in [6.45, 7) is 4.92. The molecule has 0 bridgehead atoms. The summed E-state index contributed by atoms with van der Waals surface area (Å²) >= 11 is 7.61. The van der Waals surface area contributed by atoms with E-state index in [0.717, 1.165) is 29.6 Å². The molecule has 2 heterocycles. The molecule has 2 rings (SSSR count). The molecule has 0 aromatic carbocycles. The lowest BCUT2D eigenvalue weighted by molar-refractivity contribution is 0.789. The number of hydrogen-bond acceptors (Lipinski definition) is 5. The molecule has 0 fully saturated rings. The van der Waals surface area contributed by atoms with Gasteiger partial charge in [-0.05, 0) is 0 Å². The second-order valence-electron chi connectivity index (χ2n) is 4.00. The second-order valence-corrected chi connectivity index (χ2v) is 5.31. The van der Waals surface area contributed by atoms with E-state index in [1.165, 1.54) is 0 Å². The molecule has 96 valence electrons. The predicted molar refractivity (Wildman–Crippen MR) is 75.4 cm³/mol. The van der Waals surface area contributed by atoms with Crippen molar-refractivity contribution in [3.63, 3.8) is 0 Å². The van der Waals surface area contributed by atoms with Crippen molar-refractivity contribution < 1.29 is 0 Å². The van der Waals surface area contributed by atoms with Crippen LogP contribution in [0.4, 0.5) is 5.82 Å². The molecule has 0 radical (unpaired) electrons. The van der Waals surface area contributed by atoms with E-state index in [1.807, 2.05) is 18.5 Å². The quantitative estimate of drug-likeness (QED) is 0.855. The minimum Gasteiger partial charge on any atom is -0.369 e. The Labute approximate surface area is 115 Å². The lowest BCUT2D eigenvalue weighted by Crippen LogP contribution is -2.11. The number of aromatic nitrogens is 3. The molecule has 18 heavy (non-hydrogen) atoms. The van der Waals surface area contributed by atoms with Crippen LogP contribution in [0.1, 0.15) is 30.6 Å². The average molecular weight is 283 g/mol. The summed E-state index contributed by atoms with van der Waals surface area (Å²) in [5.41, 5.74) is 0. The fourth-order valence-electron chi connectivity index (χ4n) is 1.54. The minimum atomic E-state index is 0.351. The molecule has 2 aromatic heterocycles. The molecule has 1 N–H and O–H groups in total. The van der Waals surface area contributed by atoms with Gasteiger partial charge in [-0.25, -0.2) is 15.0 Å². The van der Waals surface area contributed by atoms with Crippen molar-refractivity contribution >= 4 is 28.8 Å². The molecule has 1 atom stereocenters. The Bertz CT molecular complexity index is 501. The van der Waals surface area contributed by atoms with E-state index in [4.69, 9.17) is 11.6 Å². The highest BCUT2D eigenvalue weighted by atomic mass is 35.5. The minimum absolute atomic E-state index is 0.351. The molecule has 0 aliphatic carbocycles. The molecule has 0 aliphatic rings. The predicted octanol–water partition coefficient (Wildman–Crippen LogP) is 3.36. The maximum Gasteiger partial charge on any atom is 0.134 e. The van der Waals surface area contributed by atoms with Crippen molar-refractivity contribution in [1.29, 1.82) is 0 Å². The van der Waals surface area contributed by atoms with Crippen LogP contribution >= 0.6 is 22.9 Å². The maximum atomic E-state index is 5.94. The van der Waals surface area contributed by atoms with Gasteiger partial charge in [0.1, 0.15) is 16.8 Å². The fourth-order valence-corrected chi connectivity index (χ4v) is 2.44. The first kappa shape index (κ1) is 13.2. The Balaban J connectivity index is 1.99. The van der Waals surface area contributed by atoms with Crippen LogP contribution in [0.15, 0.2) is 17.6 Å². The van der Waals surface area contributed by atoms with Gasteiger partial charge in [-0.1, -0.05) is 25.4 Å². The van der Waals surface area contributed by atoms with E-state index in [0.29, 0.717) is 11.1 Å². The third-order valence-electron chi connectivity index (χ3n) is 2.52. The number of nitrogens with one attached hydrogen (secondary N) is 1. The summed E-state index contributed by atoms with van der Waals surface area (Å²) < 4.78 is 0. The van der Waals surface area contributed by atoms with Crippen molar-refractivity contribution in [3.8, 4) is 0 Å². The van der Waals surface area contributed by atoms with Crippen molar-refractivity contribution in [3.05, 3.63) is 33.6 Å². The highest BCUT2D eigenvalue weighted by molar-refractivity contribution is 7.09. The van der Waals surface area contributed by atoms with Crippen molar-refractivity contribution in [2.45, 2.75) is 26.2 Å². The van der Waals surface area contributed by atoms with E-state index in [9.17, 15) is 0 Å². The van der Waals surface area contributed by atoms with Gasteiger partial charge in [0.15, 0.2) is 0 Å². The lowest BCUT2D eigenvalue weighted by Gasteiger charge is -2.11. The first-order valence-corrected chi connectivity index (χ1v) is 7.11. The van der Waals surface area contributed by atoms with Gasteiger partial charge in [-0.3, -0.25) is 0 Å². The Morgan fingerprint density at radius 1 is 1.44 bits per heavy atom. The molecule has 0 saturated heterocycles. The molecular formula is C12H15ClN4S. The topological polar surface area (TPSA) is 50.7 Å². The number of thiazole rings is 1. The summed E-state index contributed by atoms with van der Waals surface area (Å²) in [5, 5.41) is 6.87. The molecule has 0 amide bonds. The van der Waals surface area contributed by atoms with Gasteiger partial charge in [0.05, 0.1) is 5.01 Å². The zero-order chi connectivity index (χ0) is 13.0. The Kier molecular flexibility index (Phi) is 4.49. The summed E-state index contributed by atoms with van der Waals surface area (Å²) in [4.78, 5) is 12.8. The summed E-state index contributed by atoms with van der Waals surface area (Å²) in [6.07, 6.45) is 2.60. The van der Waals surface area contributed by atoms with Crippen molar-refractivity contribution in [2.75, 3.05) is 11.9 Å². The molecule has 0 aliphatic heterocycles. The molecular weight excluding hydrogens is 268 g/mol. The Morgan fingerprint density at radius 2 is 2.28 bits per heavy atom. The highest BCUT2D eigenvalue weighted by Crippen LogP contribution is 2.19. The number of hydrogen-bond donors (Lipinski definition) is 1. The number of rotatable bonds is 5. The van der Waals surface area contributed by atoms with Crippen LogP contribution in [-0.2, 0) is 6.42 Å². The van der Waals surface area contributed by atoms with Crippen LogP contribution in [-0.4, -0.2) is 21.5 Å². The van der Waals surface area contributed by atoms with Gasteiger partial charge in [-0.2, -0.15) is 0 Å². The summed E-state index contributed by atoms with van der Waals surface area (Å²) in [6, 6.07) is 1.75. The van der Waals surface area contributed by atoms with Gasteiger partial charge < -0.3 is 5.32 Å². The first-order valence-electron chi connectivity index (χ1n) is 5.85. The monoisotopic (exact) mass is 282 g/mol. The standard InChI is InChI=1S/C12H15ClN4S/c1-3-10-16-9(13)6-11(17-10)15-7-8(2)12-14-4-5-18-12/h4-6,8H,3,7H2,1-2H3,(H,15,16,17). The van der Waals surface area contributed by atoms with E-state index in [2.05, 4.69) is 27.2 Å². The Morgan fingerprint density at radius 3 is 2.94 bits per heavy atom. The van der Waals surface area contributed by atoms with Crippen molar-refractivity contribution in [1.82, 2.24) is 15.0 Å². The first-order chi connectivity index (χ1) is 8.69. The van der Waals surface area contributed by atoms with Gasteiger partial charge in [0.2, 0.25) is 0 Å². The number of nitrogens with zero attached hydrogens (tertiary/aromatic N) is 3. The third-order valence-corrected chi connectivity index (χ3v) is 3.72. The van der Waals surface area contributed by atoms with Crippen LogP contribution in [0, 0.1) is 0 Å². The van der Waals surface area contributed by atoms with E-state index in [-0.39, 0.29) is 0 Å². The summed E-state index contributed by atoms with van der Waals surface area (Å²) in [7, 11) is 0. The third kappa shape index (κ3) is 3.40. The molecule has 0 spiro atoms. The van der Waals surface area contributed by atoms with Crippen molar-refractivity contribution in [2.24, 2.45) is 0 Å². The average Bonchev–Trinajstić information content (AvgIpc) is 2.89. The van der Waals surface area contributed by atoms with Crippen LogP contribution in [0.5, 0.6) is 0 Å². The lowest BCUT2D eigenvalue weighted by atomic mass is 10.2. The molecule has 6 heteroatoms. The van der Waals surface area contributed by atoms with E-state index in [1.54, 1.807) is 17.4 Å². The summed E-state index contributed by atoms with van der Waals surface area (Å²) in [5.74, 6) is 1.88. The Hall–Kier alpha value is -1.20. The van der Waals surface area contributed by atoms with Crippen LogP contribution < -0.4 is 5.32 Å². The molecule has 4 nitrogen and oxygen atoms in total. The maximum absolute atomic E-state index is 5.94. The second kappa shape index (κ2) is 6.11. The molecule has 1 unspecified atom stereocenters. The van der Waals surface area contributed by atoms with Gasteiger partial charge in [0.25, 0.3) is 0 Å². The number of aryl methyl sites for hydroxylation is 1. The largest absolute Gasteiger partial charge is 0.369 e. The highest BCUT2D eigenvalue weighted by Gasteiger charge is 2.09. The molecule has 2 aromatic rings. The number of anilines is 1. The SMILES string of the molecule is CCc1nc(Cl)cc(NCC(C)c2nccs2)n1. The van der Waals surface area contributed by atoms with Gasteiger partial charge in [0, 0.05) is 36.5 Å². The van der Waals surface area contributed by atoms with Gasteiger partial charge >= 0.3 is 0 Å². The normalized spacial score (nSPS) is 12.4. The van der Waals surface area contributed by atoms with Crippen LogP contribution in [0.25, 0.3) is 0 Å². The fraction of sp³-hybridized carbons (Fsp3) is 0.417. The number of halogens is 1. The van der Waals surface area contributed by atoms with Gasteiger partial charge in [-0.15, -0.1) is 11.3 Å². The zero-order valence-electron chi connectivity index (χ0n) is 10.4. The molecule has 0 saturated carbocycles. The smallest absolute Gasteiger partial charge is 0.134 e. The zero-order valence-corrected chi connectivity index (χ0v) is 11.9. The van der Waals surface area contributed by atoms with Crippen LogP contribution in [0.3, 0.4) is 0 Å². The van der Waals surface area contributed by atoms with E-state index >= 15 is 0 Å².